The average Bonchev–Trinajstić information content (AvgIpc) is 3.15. The number of hydrogen-bond donors (Lipinski definition) is 3. The van der Waals surface area contributed by atoms with Gasteiger partial charge in [-0.1, -0.05) is 23.7 Å². The maximum absolute atomic E-state index is 12.4. The van der Waals surface area contributed by atoms with Crippen LogP contribution >= 0.6 is 11.6 Å². The normalized spacial score (nSPS) is 27.3. The Morgan fingerprint density at radius 1 is 1.45 bits per heavy atom. The van der Waals surface area contributed by atoms with Gasteiger partial charge in [0.1, 0.15) is 0 Å². The molecule has 2 aliphatic rings. The van der Waals surface area contributed by atoms with Crippen molar-refractivity contribution in [2.45, 2.75) is 24.4 Å². The molecule has 0 aromatic heterocycles. The highest BCUT2D eigenvalue weighted by Gasteiger charge is 2.51. The van der Waals surface area contributed by atoms with Crippen molar-refractivity contribution in [1.82, 2.24) is 10.6 Å². The van der Waals surface area contributed by atoms with Crippen LogP contribution in [-0.2, 0) is 10.2 Å². The number of carbonyl (C=O) groups is 1. The van der Waals surface area contributed by atoms with Gasteiger partial charge in [0.05, 0.1) is 11.5 Å². The Labute approximate surface area is 123 Å². The van der Waals surface area contributed by atoms with Gasteiger partial charge in [-0.3, -0.25) is 4.79 Å². The third-order valence-electron chi connectivity index (χ3n) is 4.39. The molecule has 0 bridgehead atoms. The van der Waals surface area contributed by atoms with Crippen LogP contribution in [0.4, 0.5) is 0 Å². The average molecular weight is 295 g/mol. The standard InChI is InChI=1S/C15H19ClN2O2/c16-12-3-1-2-11(6-12)15(4-5-15)14(20)18-8-10-7-17-9-13(10)19/h1-3,6,10,13,17,19H,4-5,7-9H2,(H,18,20). The third kappa shape index (κ3) is 2.55. The van der Waals surface area contributed by atoms with E-state index in [2.05, 4.69) is 10.6 Å². The zero-order valence-electron chi connectivity index (χ0n) is 11.2. The van der Waals surface area contributed by atoms with E-state index in [1.54, 1.807) is 0 Å². The van der Waals surface area contributed by atoms with Crippen LogP contribution in [0.15, 0.2) is 24.3 Å². The van der Waals surface area contributed by atoms with Gasteiger partial charge in [0.2, 0.25) is 5.91 Å². The molecule has 3 N–H and O–H groups in total. The summed E-state index contributed by atoms with van der Waals surface area (Å²) in [6.45, 7) is 1.89. The summed E-state index contributed by atoms with van der Waals surface area (Å²) in [5.74, 6) is 0.160. The summed E-state index contributed by atoms with van der Waals surface area (Å²) >= 11 is 6.01. The number of hydrogen-bond acceptors (Lipinski definition) is 3. The summed E-state index contributed by atoms with van der Waals surface area (Å²) in [4.78, 5) is 12.4. The van der Waals surface area contributed by atoms with Gasteiger partial charge >= 0.3 is 0 Å². The van der Waals surface area contributed by atoms with E-state index in [-0.39, 0.29) is 17.9 Å². The molecule has 1 saturated heterocycles. The summed E-state index contributed by atoms with van der Waals surface area (Å²) < 4.78 is 0. The Morgan fingerprint density at radius 2 is 2.25 bits per heavy atom. The third-order valence-corrected chi connectivity index (χ3v) is 4.63. The second-order valence-corrected chi connectivity index (χ2v) is 6.22. The van der Waals surface area contributed by atoms with Gasteiger partial charge in [0.25, 0.3) is 0 Å². The Hall–Kier alpha value is -1.10. The van der Waals surface area contributed by atoms with Crippen molar-refractivity contribution in [2.24, 2.45) is 5.92 Å². The van der Waals surface area contributed by atoms with Gasteiger partial charge < -0.3 is 15.7 Å². The molecule has 20 heavy (non-hydrogen) atoms. The predicted octanol–water partition coefficient (Wildman–Crippen LogP) is 1.07. The summed E-state index contributed by atoms with van der Waals surface area (Å²) in [6.07, 6.45) is 1.37. The van der Waals surface area contributed by atoms with Crippen molar-refractivity contribution in [2.75, 3.05) is 19.6 Å². The molecule has 108 valence electrons. The van der Waals surface area contributed by atoms with Crippen LogP contribution in [0, 0.1) is 5.92 Å². The fourth-order valence-corrected chi connectivity index (χ4v) is 3.07. The first-order chi connectivity index (χ1) is 9.62. The lowest BCUT2D eigenvalue weighted by molar-refractivity contribution is -0.123. The fraction of sp³-hybridized carbons (Fsp3) is 0.533. The molecule has 1 aliphatic heterocycles. The molecule has 1 amide bonds. The number of rotatable bonds is 4. The first kappa shape index (κ1) is 13.9. The van der Waals surface area contributed by atoms with E-state index in [0.29, 0.717) is 18.1 Å². The highest BCUT2D eigenvalue weighted by Crippen LogP contribution is 2.48. The number of amides is 1. The summed E-state index contributed by atoms with van der Waals surface area (Å²) in [5, 5.41) is 16.5. The zero-order valence-corrected chi connectivity index (χ0v) is 12.0. The number of β-amino-alcohol motifs (C(OH)–C–C–N with tert-alkyl or cyclic N) is 1. The van der Waals surface area contributed by atoms with Crippen LogP contribution in [-0.4, -0.2) is 36.8 Å². The van der Waals surface area contributed by atoms with Crippen molar-refractivity contribution in [1.29, 1.82) is 0 Å². The summed E-state index contributed by atoms with van der Waals surface area (Å²) in [6, 6.07) is 7.54. The lowest BCUT2D eigenvalue weighted by Crippen LogP contribution is -2.40. The molecule has 1 heterocycles. The molecule has 4 nitrogen and oxygen atoms in total. The Bertz CT molecular complexity index is 516. The first-order valence-electron chi connectivity index (χ1n) is 7.05. The SMILES string of the molecule is O=C(NCC1CNCC1O)C1(c2cccc(Cl)c2)CC1. The molecular formula is C15H19ClN2O2. The minimum atomic E-state index is -0.401. The predicted molar refractivity (Wildman–Crippen MR) is 77.7 cm³/mol. The van der Waals surface area contributed by atoms with E-state index >= 15 is 0 Å². The van der Waals surface area contributed by atoms with E-state index in [1.165, 1.54) is 0 Å². The van der Waals surface area contributed by atoms with Gasteiger partial charge in [0.15, 0.2) is 0 Å². The highest BCUT2D eigenvalue weighted by molar-refractivity contribution is 6.30. The highest BCUT2D eigenvalue weighted by atomic mass is 35.5. The lowest BCUT2D eigenvalue weighted by atomic mass is 9.94. The number of aliphatic hydroxyl groups excluding tert-OH is 1. The summed E-state index contributed by atoms with van der Waals surface area (Å²) in [5.41, 5.74) is 0.592. The number of nitrogens with one attached hydrogen (secondary N) is 2. The van der Waals surface area contributed by atoms with E-state index < -0.39 is 5.41 Å². The van der Waals surface area contributed by atoms with Gasteiger partial charge in [-0.05, 0) is 30.5 Å². The minimum absolute atomic E-state index is 0.0545. The molecule has 3 rings (SSSR count). The second-order valence-electron chi connectivity index (χ2n) is 5.79. The van der Waals surface area contributed by atoms with E-state index in [1.807, 2.05) is 24.3 Å². The maximum atomic E-state index is 12.4. The van der Waals surface area contributed by atoms with Gasteiger partial charge in [-0.2, -0.15) is 0 Å². The smallest absolute Gasteiger partial charge is 0.230 e. The van der Waals surface area contributed by atoms with Crippen molar-refractivity contribution >= 4 is 17.5 Å². The van der Waals surface area contributed by atoms with Crippen LogP contribution in [0.25, 0.3) is 0 Å². The monoisotopic (exact) mass is 294 g/mol. The molecule has 2 atom stereocenters. The first-order valence-corrected chi connectivity index (χ1v) is 7.43. The fourth-order valence-electron chi connectivity index (χ4n) is 2.88. The molecule has 5 heteroatoms. The minimum Gasteiger partial charge on any atom is -0.391 e. The van der Waals surface area contributed by atoms with Crippen molar-refractivity contribution in [3.05, 3.63) is 34.9 Å². The topological polar surface area (TPSA) is 61.4 Å². The molecule has 0 spiro atoms. The number of carbonyl (C=O) groups excluding carboxylic acids is 1. The van der Waals surface area contributed by atoms with Crippen molar-refractivity contribution in [3.8, 4) is 0 Å². The van der Waals surface area contributed by atoms with Crippen LogP contribution in [0.5, 0.6) is 0 Å². The number of benzene rings is 1. The van der Waals surface area contributed by atoms with E-state index in [9.17, 15) is 9.90 Å². The van der Waals surface area contributed by atoms with Crippen molar-refractivity contribution in [3.63, 3.8) is 0 Å². The molecule has 1 aromatic rings. The van der Waals surface area contributed by atoms with Crippen LogP contribution in [0.3, 0.4) is 0 Å². The van der Waals surface area contributed by atoms with E-state index in [0.717, 1.165) is 24.9 Å². The summed E-state index contributed by atoms with van der Waals surface area (Å²) in [7, 11) is 0. The van der Waals surface area contributed by atoms with Gasteiger partial charge in [-0.15, -0.1) is 0 Å². The van der Waals surface area contributed by atoms with Crippen LogP contribution < -0.4 is 10.6 Å². The Balaban J connectivity index is 1.64. The molecule has 2 unspecified atom stereocenters. The quantitative estimate of drug-likeness (QED) is 0.778. The van der Waals surface area contributed by atoms with Crippen molar-refractivity contribution < 1.29 is 9.90 Å². The van der Waals surface area contributed by atoms with Crippen LogP contribution in [0.2, 0.25) is 5.02 Å². The van der Waals surface area contributed by atoms with Crippen LogP contribution in [0.1, 0.15) is 18.4 Å². The zero-order chi connectivity index (χ0) is 14.2. The molecule has 1 saturated carbocycles. The Morgan fingerprint density at radius 3 is 2.85 bits per heavy atom. The second kappa shape index (κ2) is 5.35. The number of aliphatic hydroxyl groups is 1. The van der Waals surface area contributed by atoms with Gasteiger partial charge in [0, 0.05) is 30.6 Å². The molecule has 0 radical (unpaired) electrons. The van der Waals surface area contributed by atoms with E-state index in [4.69, 9.17) is 11.6 Å². The molecule has 1 aliphatic carbocycles. The molecular weight excluding hydrogens is 276 g/mol. The lowest BCUT2D eigenvalue weighted by Gasteiger charge is -2.19. The Kier molecular flexibility index (Phi) is 3.71. The number of halogens is 1. The molecule has 1 aromatic carbocycles. The molecule has 2 fully saturated rings. The maximum Gasteiger partial charge on any atom is 0.230 e. The largest absolute Gasteiger partial charge is 0.391 e. The van der Waals surface area contributed by atoms with Gasteiger partial charge in [-0.25, -0.2) is 0 Å².